The topological polar surface area (TPSA) is 66.9 Å². The van der Waals surface area contributed by atoms with Gasteiger partial charge in [-0.05, 0) is 13.0 Å². The second kappa shape index (κ2) is 6.88. The van der Waals surface area contributed by atoms with Gasteiger partial charge in [-0.15, -0.1) is 11.3 Å². The van der Waals surface area contributed by atoms with Crippen LogP contribution in [0.5, 0.6) is 0 Å². The molecule has 0 saturated carbocycles. The van der Waals surface area contributed by atoms with Crippen molar-refractivity contribution in [3.63, 3.8) is 0 Å². The summed E-state index contributed by atoms with van der Waals surface area (Å²) in [6, 6.07) is 1.61. The molecule has 0 radical (unpaired) electrons. The van der Waals surface area contributed by atoms with Crippen LogP contribution in [-0.4, -0.2) is 29.0 Å². The molecule has 0 spiro atoms. The van der Waals surface area contributed by atoms with E-state index in [1.165, 1.54) is 17.5 Å². The van der Waals surface area contributed by atoms with Gasteiger partial charge >= 0.3 is 0 Å². The van der Waals surface area contributed by atoms with Crippen molar-refractivity contribution in [1.29, 1.82) is 0 Å². The molecule has 0 fully saturated rings. The van der Waals surface area contributed by atoms with Crippen LogP contribution in [0.1, 0.15) is 14.7 Å². The van der Waals surface area contributed by atoms with Crippen molar-refractivity contribution in [2.75, 3.05) is 18.4 Å². The van der Waals surface area contributed by atoms with Gasteiger partial charge in [0, 0.05) is 19.3 Å². The molecule has 0 aliphatic heterocycles. The van der Waals surface area contributed by atoms with Crippen molar-refractivity contribution in [1.82, 2.24) is 15.3 Å². The maximum Gasteiger partial charge on any atom is 0.263 e. The van der Waals surface area contributed by atoms with Crippen LogP contribution in [0.3, 0.4) is 0 Å². The fourth-order valence-electron chi connectivity index (χ4n) is 1.46. The molecule has 5 nitrogen and oxygen atoms in total. The first kappa shape index (κ1) is 15.0. The summed E-state index contributed by atoms with van der Waals surface area (Å²) in [6.45, 7) is 2.82. The fraction of sp³-hybridized carbons (Fsp3) is 0.250. The highest BCUT2D eigenvalue weighted by Gasteiger charge is 2.08. The van der Waals surface area contributed by atoms with Crippen molar-refractivity contribution in [3.8, 4) is 0 Å². The molecule has 0 saturated heterocycles. The summed E-state index contributed by atoms with van der Waals surface area (Å²) in [5, 5.41) is 7.60. The number of aryl methyl sites for hydroxylation is 1. The number of carbonyl (C=O) groups is 1. The van der Waals surface area contributed by atoms with Gasteiger partial charge in [-0.2, -0.15) is 0 Å². The first-order valence-electron chi connectivity index (χ1n) is 5.82. The fourth-order valence-corrected chi connectivity index (χ4v) is 2.60. The highest BCUT2D eigenvalue weighted by atomic mass is 35.5. The number of aromatic nitrogens is 2. The standard InChI is InChI=1S/C12H12Cl2N4OS/c1-7-17-6-10(20-7)12(19)16-3-2-15-11-9(14)4-8(13)5-18-11/h4-6H,2-3H2,1H3,(H,15,18)(H,16,19). The van der Waals surface area contributed by atoms with Crippen molar-refractivity contribution >= 4 is 46.3 Å². The molecule has 2 rings (SSSR count). The zero-order chi connectivity index (χ0) is 14.5. The van der Waals surface area contributed by atoms with Gasteiger partial charge in [0.05, 0.1) is 21.2 Å². The van der Waals surface area contributed by atoms with E-state index in [0.29, 0.717) is 33.8 Å². The Balaban J connectivity index is 1.77. The Hall–Kier alpha value is -1.37. The number of nitrogens with one attached hydrogen (secondary N) is 2. The van der Waals surface area contributed by atoms with E-state index in [1.807, 2.05) is 6.92 Å². The van der Waals surface area contributed by atoms with Gasteiger partial charge in [-0.25, -0.2) is 9.97 Å². The number of hydrogen-bond acceptors (Lipinski definition) is 5. The number of pyridine rings is 1. The van der Waals surface area contributed by atoms with Gasteiger partial charge in [0.1, 0.15) is 10.7 Å². The van der Waals surface area contributed by atoms with Gasteiger partial charge in [0.25, 0.3) is 5.91 Å². The van der Waals surface area contributed by atoms with Crippen LogP contribution >= 0.6 is 34.5 Å². The summed E-state index contributed by atoms with van der Waals surface area (Å²) in [6.07, 6.45) is 3.08. The average Bonchev–Trinajstić information content (AvgIpc) is 2.83. The highest BCUT2D eigenvalue weighted by molar-refractivity contribution is 7.13. The predicted octanol–water partition coefficient (Wildman–Crippen LogP) is 3.00. The van der Waals surface area contributed by atoms with Crippen molar-refractivity contribution < 1.29 is 4.79 Å². The summed E-state index contributed by atoms with van der Waals surface area (Å²) in [7, 11) is 0. The van der Waals surface area contributed by atoms with E-state index in [1.54, 1.807) is 12.3 Å². The number of amides is 1. The molecule has 2 N–H and O–H groups in total. The minimum Gasteiger partial charge on any atom is -0.367 e. The zero-order valence-corrected chi connectivity index (χ0v) is 12.9. The van der Waals surface area contributed by atoms with Gasteiger partial charge in [-0.1, -0.05) is 23.2 Å². The summed E-state index contributed by atoms with van der Waals surface area (Å²) in [4.78, 5) is 20.5. The van der Waals surface area contributed by atoms with Gasteiger partial charge in [-0.3, -0.25) is 4.79 Å². The molecule has 2 aromatic heterocycles. The van der Waals surface area contributed by atoms with Crippen molar-refractivity contribution in [2.24, 2.45) is 0 Å². The summed E-state index contributed by atoms with van der Waals surface area (Å²) in [5.41, 5.74) is 0. The lowest BCUT2D eigenvalue weighted by molar-refractivity contribution is 0.0959. The molecule has 0 aliphatic carbocycles. The number of anilines is 1. The number of rotatable bonds is 5. The van der Waals surface area contributed by atoms with E-state index >= 15 is 0 Å². The Morgan fingerprint density at radius 2 is 2.10 bits per heavy atom. The highest BCUT2D eigenvalue weighted by Crippen LogP contribution is 2.22. The normalized spacial score (nSPS) is 10.3. The Bertz CT molecular complexity index is 617. The molecule has 0 aromatic carbocycles. The van der Waals surface area contributed by atoms with Crippen LogP contribution in [-0.2, 0) is 0 Å². The molecule has 106 valence electrons. The third kappa shape index (κ3) is 4.06. The molecule has 0 unspecified atom stereocenters. The van der Waals surface area contributed by atoms with Crippen LogP contribution in [0.4, 0.5) is 5.82 Å². The molecule has 2 aromatic rings. The van der Waals surface area contributed by atoms with Crippen molar-refractivity contribution in [2.45, 2.75) is 6.92 Å². The molecule has 8 heteroatoms. The van der Waals surface area contributed by atoms with Crippen molar-refractivity contribution in [3.05, 3.63) is 38.4 Å². The maximum absolute atomic E-state index is 11.8. The molecular weight excluding hydrogens is 319 g/mol. The lowest BCUT2D eigenvalue weighted by Gasteiger charge is -2.08. The number of carbonyl (C=O) groups excluding carboxylic acids is 1. The van der Waals surface area contributed by atoms with E-state index < -0.39 is 0 Å². The minimum atomic E-state index is -0.132. The SMILES string of the molecule is Cc1ncc(C(=O)NCCNc2ncc(Cl)cc2Cl)s1. The molecule has 0 aliphatic rings. The number of thiazole rings is 1. The lowest BCUT2D eigenvalue weighted by Crippen LogP contribution is -2.28. The molecular formula is C12H12Cl2N4OS. The van der Waals surface area contributed by atoms with Gasteiger partial charge < -0.3 is 10.6 Å². The van der Waals surface area contributed by atoms with Crippen LogP contribution in [0.2, 0.25) is 10.0 Å². The van der Waals surface area contributed by atoms with E-state index in [0.717, 1.165) is 5.01 Å². The molecule has 2 heterocycles. The number of halogens is 2. The molecule has 1 amide bonds. The Morgan fingerprint density at radius 3 is 2.75 bits per heavy atom. The van der Waals surface area contributed by atoms with Crippen LogP contribution in [0, 0.1) is 6.92 Å². The third-order valence-corrected chi connectivity index (χ3v) is 3.76. The number of nitrogens with zero attached hydrogens (tertiary/aromatic N) is 2. The van der Waals surface area contributed by atoms with E-state index in [2.05, 4.69) is 20.6 Å². The first-order valence-corrected chi connectivity index (χ1v) is 7.39. The average molecular weight is 331 g/mol. The maximum atomic E-state index is 11.8. The molecule has 0 bridgehead atoms. The largest absolute Gasteiger partial charge is 0.367 e. The molecule has 0 atom stereocenters. The first-order chi connectivity index (χ1) is 9.56. The number of hydrogen-bond donors (Lipinski definition) is 2. The summed E-state index contributed by atoms with van der Waals surface area (Å²) < 4.78 is 0. The van der Waals surface area contributed by atoms with E-state index in [4.69, 9.17) is 23.2 Å². The van der Waals surface area contributed by atoms with Gasteiger partial charge in [0.2, 0.25) is 0 Å². The molecule has 20 heavy (non-hydrogen) atoms. The third-order valence-electron chi connectivity index (χ3n) is 2.36. The Morgan fingerprint density at radius 1 is 1.30 bits per heavy atom. The zero-order valence-electron chi connectivity index (χ0n) is 10.6. The van der Waals surface area contributed by atoms with Crippen LogP contribution < -0.4 is 10.6 Å². The summed E-state index contributed by atoms with van der Waals surface area (Å²) in [5.74, 6) is 0.409. The Kier molecular flexibility index (Phi) is 5.17. The van der Waals surface area contributed by atoms with E-state index in [-0.39, 0.29) is 5.91 Å². The summed E-state index contributed by atoms with van der Waals surface area (Å²) >= 11 is 13.1. The predicted molar refractivity (Wildman–Crippen MR) is 81.9 cm³/mol. The second-order valence-corrected chi connectivity index (χ2v) is 5.99. The smallest absolute Gasteiger partial charge is 0.263 e. The lowest BCUT2D eigenvalue weighted by atomic mass is 10.4. The second-order valence-electron chi connectivity index (χ2n) is 3.91. The van der Waals surface area contributed by atoms with Crippen LogP contribution in [0.25, 0.3) is 0 Å². The van der Waals surface area contributed by atoms with E-state index in [9.17, 15) is 4.79 Å². The Labute approximate surface area is 130 Å². The monoisotopic (exact) mass is 330 g/mol. The minimum absolute atomic E-state index is 0.132. The van der Waals surface area contributed by atoms with Crippen LogP contribution in [0.15, 0.2) is 18.5 Å². The quantitative estimate of drug-likeness (QED) is 0.827. The van der Waals surface area contributed by atoms with Gasteiger partial charge in [0.15, 0.2) is 0 Å².